The summed E-state index contributed by atoms with van der Waals surface area (Å²) in [5.41, 5.74) is 6.47. The number of nitrogens with one attached hydrogen (secondary N) is 3. The SMILES string of the molecule is COCCNC(=O)C(=O)N/N=C\c1cc(Br)ccc1OCC(=O)Nc1c(C)cc(C)cc1C. The summed E-state index contributed by atoms with van der Waals surface area (Å²) in [4.78, 5) is 35.9. The predicted octanol–water partition coefficient (Wildman–Crippen LogP) is 2.60. The molecule has 176 valence electrons. The number of nitrogens with zero attached hydrogens (tertiary/aromatic N) is 1. The maximum Gasteiger partial charge on any atom is 0.329 e. The molecule has 0 aliphatic carbocycles. The van der Waals surface area contributed by atoms with Crippen LogP contribution in [0.1, 0.15) is 22.3 Å². The summed E-state index contributed by atoms with van der Waals surface area (Å²) >= 11 is 3.36. The van der Waals surface area contributed by atoms with Gasteiger partial charge in [0.05, 0.1) is 12.8 Å². The van der Waals surface area contributed by atoms with Crippen LogP contribution in [0.3, 0.4) is 0 Å². The molecule has 0 saturated heterocycles. The Balaban J connectivity index is 1.99. The molecular formula is C23H27BrN4O5. The van der Waals surface area contributed by atoms with E-state index in [-0.39, 0.29) is 25.7 Å². The van der Waals surface area contributed by atoms with Gasteiger partial charge in [-0.2, -0.15) is 5.10 Å². The maximum absolute atomic E-state index is 12.5. The highest BCUT2D eigenvalue weighted by molar-refractivity contribution is 9.10. The van der Waals surface area contributed by atoms with Gasteiger partial charge in [-0.05, 0) is 50.1 Å². The third-order valence-corrected chi connectivity index (χ3v) is 4.93. The minimum atomic E-state index is -0.914. The highest BCUT2D eigenvalue weighted by atomic mass is 79.9. The summed E-state index contributed by atoms with van der Waals surface area (Å²) < 4.78 is 11.2. The van der Waals surface area contributed by atoms with Crippen molar-refractivity contribution in [1.29, 1.82) is 0 Å². The number of rotatable bonds is 9. The first-order valence-electron chi connectivity index (χ1n) is 10.1. The summed E-state index contributed by atoms with van der Waals surface area (Å²) in [7, 11) is 1.49. The summed E-state index contributed by atoms with van der Waals surface area (Å²) in [5, 5.41) is 9.07. The molecule has 0 atom stereocenters. The van der Waals surface area contributed by atoms with Gasteiger partial charge in [-0.15, -0.1) is 0 Å². The first-order valence-corrected chi connectivity index (χ1v) is 10.9. The minimum Gasteiger partial charge on any atom is -0.483 e. The quantitative estimate of drug-likeness (QED) is 0.204. The Morgan fingerprint density at radius 3 is 2.42 bits per heavy atom. The van der Waals surface area contributed by atoms with Crippen molar-refractivity contribution in [3.63, 3.8) is 0 Å². The average Bonchev–Trinajstić information content (AvgIpc) is 2.75. The zero-order valence-electron chi connectivity index (χ0n) is 19.0. The lowest BCUT2D eigenvalue weighted by molar-refractivity contribution is -0.139. The first-order chi connectivity index (χ1) is 15.7. The second-order valence-electron chi connectivity index (χ2n) is 7.24. The Morgan fingerprint density at radius 2 is 1.76 bits per heavy atom. The van der Waals surface area contributed by atoms with Crippen LogP contribution in [0.4, 0.5) is 5.69 Å². The molecule has 10 heteroatoms. The van der Waals surface area contributed by atoms with E-state index >= 15 is 0 Å². The fourth-order valence-corrected chi connectivity index (χ4v) is 3.38. The molecule has 2 rings (SSSR count). The van der Waals surface area contributed by atoms with Crippen molar-refractivity contribution < 1.29 is 23.9 Å². The molecule has 0 fully saturated rings. The molecule has 3 N–H and O–H groups in total. The van der Waals surface area contributed by atoms with Gasteiger partial charge in [-0.3, -0.25) is 14.4 Å². The van der Waals surface area contributed by atoms with Gasteiger partial charge in [0.1, 0.15) is 5.75 Å². The number of methoxy groups -OCH3 is 1. The Morgan fingerprint density at radius 1 is 1.06 bits per heavy atom. The molecule has 2 aromatic rings. The van der Waals surface area contributed by atoms with Crippen molar-refractivity contribution >= 4 is 45.6 Å². The molecule has 3 amide bonds. The Kier molecular flexibility index (Phi) is 10.0. The summed E-state index contributed by atoms with van der Waals surface area (Å²) in [6, 6.07) is 9.12. The second kappa shape index (κ2) is 12.7. The van der Waals surface area contributed by atoms with Gasteiger partial charge in [0.15, 0.2) is 6.61 Å². The van der Waals surface area contributed by atoms with Crippen molar-refractivity contribution in [1.82, 2.24) is 10.7 Å². The number of carbonyl (C=O) groups excluding carboxylic acids is 3. The molecule has 0 bridgehead atoms. The number of carbonyl (C=O) groups is 3. The number of halogens is 1. The Hall–Kier alpha value is -3.24. The first kappa shape index (κ1) is 26.0. The van der Waals surface area contributed by atoms with E-state index < -0.39 is 11.8 Å². The molecule has 0 aromatic heterocycles. The highest BCUT2D eigenvalue weighted by Crippen LogP contribution is 2.23. The molecule has 0 heterocycles. The smallest absolute Gasteiger partial charge is 0.329 e. The fraction of sp³-hybridized carbons (Fsp3) is 0.304. The number of hydrogen-bond donors (Lipinski definition) is 3. The lowest BCUT2D eigenvalue weighted by atomic mass is 10.1. The van der Waals surface area contributed by atoms with Gasteiger partial charge < -0.3 is 20.1 Å². The second-order valence-corrected chi connectivity index (χ2v) is 8.16. The number of anilines is 1. The molecule has 9 nitrogen and oxygen atoms in total. The predicted molar refractivity (Wildman–Crippen MR) is 130 cm³/mol. The standard InChI is InChI=1S/C23H27BrN4O5/c1-14-9-15(2)21(16(3)10-14)27-20(29)13-33-19-6-5-18(24)11-17(19)12-26-28-23(31)22(30)25-7-8-32-4/h5-6,9-12H,7-8,13H2,1-4H3,(H,25,30)(H,27,29)(H,28,31)/b26-12-. The highest BCUT2D eigenvalue weighted by Gasteiger charge is 2.13. The Bertz CT molecular complexity index is 1030. The van der Waals surface area contributed by atoms with E-state index in [2.05, 4.69) is 37.1 Å². The largest absolute Gasteiger partial charge is 0.483 e. The van der Waals surface area contributed by atoms with E-state index in [4.69, 9.17) is 9.47 Å². The molecule has 0 saturated carbocycles. The lowest BCUT2D eigenvalue weighted by Crippen LogP contribution is -2.39. The number of ether oxygens (including phenoxy) is 2. The minimum absolute atomic E-state index is 0.208. The third-order valence-electron chi connectivity index (χ3n) is 4.44. The molecule has 0 radical (unpaired) electrons. The third kappa shape index (κ3) is 8.32. The molecule has 2 aromatic carbocycles. The van der Waals surface area contributed by atoms with Crippen LogP contribution in [0.2, 0.25) is 0 Å². The Labute approximate surface area is 201 Å². The molecular weight excluding hydrogens is 492 g/mol. The normalized spacial score (nSPS) is 10.7. The lowest BCUT2D eigenvalue weighted by Gasteiger charge is -2.14. The zero-order valence-corrected chi connectivity index (χ0v) is 20.5. The van der Waals surface area contributed by atoms with Crippen LogP contribution in [-0.2, 0) is 19.1 Å². The number of amides is 3. The van der Waals surface area contributed by atoms with Gasteiger partial charge in [0.25, 0.3) is 5.91 Å². The van der Waals surface area contributed by atoms with Crippen LogP contribution in [0.15, 0.2) is 39.9 Å². The maximum atomic E-state index is 12.5. The molecule has 0 aliphatic rings. The van der Waals surface area contributed by atoms with Gasteiger partial charge in [-0.1, -0.05) is 33.6 Å². The van der Waals surface area contributed by atoms with E-state index in [1.165, 1.54) is 13.3 Å². The van der Waals surface area contributed by atoms with Gasteiger partial charge >= 0.3 is 11.8 Å². The van der Waals surface area contributed by atoms with Gasteiger partial charge in [0, 0.05) is 29.4 Å². The van der Waals surface area contributed by atoms with Gasteiger partial charge in [0.2, 0.25) is 0 Å². The summed E-state index contributed by atoms with van der Waals surface area (Å²) in [6.45, 7) is 6.15. The molecule has 0 aliphatic heterocycles. The number of hydrogen-bond acceptors (Lipinski definition) is 6. The monoisotopic (exact) mass is 518 g/mol. The zero-order chi connectivity index (χ0) is 24.4. The molecule has 33 heavy (non-hydrogen) atoms. The number of benzene rings is 2. The van der Waals surface area contributed by atoms with Crippen LogP contribution in [-0.4, -0.2) is 50.8 Å². The van der Waals surface area contributed by atoms with E-state index in [0.717, 1.165) is 26.9 Å². The molecule has 0 unspecified atom stereocenters. The van der Waals surface area contributed by atoms with Crippen LogP contribution >= 0.6 is 15.9 Å². The fourth-order valence-electron chi connectivity index (χ4n) is 3.01. The van der Waals surface area contributed by atoms with Crippen LogP contribution in [0, 0.1) is 20.8 Å². The van der Waals surface area contributed by atoms with E-state index in [0.29, 0.717) is 11.3 Å². The van der Waals surface area contributed by atoms with Crippen LogP contribution in [0.25, 0.3) is 0 Å². The van der Waals surface area contributed by atoms with Crippen molar-refractivity contribution in [3.05, 3.63) is 57.1 Å². The van der Waals surface area contributed by atoms with E-state index in [9.17, 15) is 14.4 Å². The topological polar surface area (TPSA) is 118 Å². The summed E-state index contributed by atoms with van der Waals surface area (Å²) in [6.07, 6.45) is 1.33. The molecule has 0 spiro atoms. The van der Waals surface area contributed by atoms with Crippen molar-refractivity contribution in [2.75, 3.05) is 32.2 Å². The van der Waals surface area contributed by atoms with Gasteiger partial charge in [-0.25, -0.2) is 5.43 Å². The van der Waals surface area contributed by atoms with Crippen molar-refractivity contribution in [2.24, 2.45) is 5.10 Å². The van der Waals surface area contributed by atoms with Crippen LogP contribution < -0.4 is 20.8 Å². The van der Waals surface area contributed by atoms with Crippen molar-refractivity contribution in [3.8, 4) is 5.75 Å². The van der Waals surface area contributed by atoms with Crippen molar-refractivity contribution in [2.45, 2.75) is 20.8 Å². The van der Waals surface area contributed by atoms with Crippen LogP contribution in [0.5, 0.6) is 5.75 Å². The summed E-state index contributed by atoms with van der Waals surface area (Å²) in [5.74, 6) is -1.67. The number of hydrazone groups is 1. The number of aryl methyl sites for hydroxylation is 3. The van der Waals surface area contributed by atoms with E-state index in [1.807, 2.05) is 32.9 Å². The van der Waals surface area contributed by atoms with E-state index in [1.54, 1.807) is 18.2 Å². The average molecular weight is 519 g/mol.